The molecule has 29 heavy (non-hydrogen) atoms. The average molecular weight is 412 g/mol. The van der Waals surface area contributed by atoms with Gasteiger partial charge in [-0.3, -0.25) is 4.79 Å². The van der Waals surface area contributed by atoms with Crippen LogP contribution < -0.4 is 4.90 Å². The van der Waals surface area contributed by atoms with Crippen molar-refractivity contribution in [3.05, 3.63) is 47.2 Å². The van der Waals surface area contributed by atoms with Crippen molar-refractivity contribution in [2.24, 2.45) is 0 Å². The predicted octanol–water partition coefficient (Wildman–Crippen LogP) is 1.29. The number of para-hydroxylation sites is 1. The van der Waals surface area contributed by atoms with Crippen molar-refractivity contribution in [1.29, 1.82) is 0 Å². The van der Waals surface area contributed by atoms with E-state index < -0.39 is 5.97 Å². The van der Waals surface area contributed by atoms with E-state index in [9.17, 15) is 9.59 Å². The van der Waals surface area contributed by atoms with Gasteiger partial charge in [-0.05, 0) is 28.8 Å². The summed E-state index contributed by atoms with van der Waals surface area (Å²) in [6, 6.07) is 12.0. The van der Waals surface area contributed by atoms with Crippen molar-refractivity contribution < 1.29 is 14.3 Å². The van der Waals surface area contributed by atoms with Crippen molar-refractivity contribution in [1.82, 2.24) is 25.1 Å². The molecule has 4 rings (SSSR count). The van der Waals surface area contributed by atoms with Crippen molar-refractivity contribution in [2.45, 2.75) is 6.54 Å². The molecule has 0 bridgehead atoms. The lowest BCUT2D eigenvalue weighted by atomic mass is 10.2. The monoisotopic (exact) mass is 412 g/mol. The molecule has 1 aliphatic rings. The molecule has 0 atom stereocenters. The summed E-state index contributed by atoms with van der Waals surface area (Å²) in [5.41, 5.74) is 1.99. The first-order valence-electron chi connectivity index (χ1n) is 9.23. The largest absolute Gasteiger partial charge is 0.454 e. The number of rotatable bonds is 6. The number of tetrazole rings is 1. The molecule has 150 valence electrons. The minimum atomic E-state index is -0.574. The van der Waals surface area contributed by atoms with Crippen LogP contribution in [0.4, 0.5) is 5.69 Å². The minimum absolute atomic E-state index is 0.188. The van der Waals surface area contributed by atoms with Crippen LogP contribution in [-0.4, -0.2) is 69.8 Å². The van der Waals surface area contributed by atoms with Gasteiger partial charge in [-0.25, -0.2) is 4.79 Å². The molecular formula is C19H20N6O3S. The molecule has 2 aromatic heterocycles. The van der Waals surface area contributed by atoms with Gasteiger partial charge in [0.1, 0.15) is 0 Å². The van der Waals surface area contributed by atoms with Gasteiger partial charge in [0.15, 0.2) is 13.2 Å². The first kappa shape index (κ1) is 19.1. The Hall–Kier alpha value is -3.27. The zero-order valence-corrected chi connectivity index (χ0v) is 16.5. The summed E-state index contributed by atoms with van der Waals surface area (Å²) < 4.78 is 5.10. The summed E-state index contributed by atoms with van der Waals surface area (Å²) in [7, 11) is 0. The van der Waals surface area contributed by atoms with Crippen molar-refractivity contribution in [3.63, 3.8) is 0 Å². The van der Waals surface area contributed by atoms with Crippen LogP contribution in [0, 0.1) is 0 Å². The highest BCUT2D eigenvalue weighted by molar-refractivity contribution is 7.08. The first-order valence-corrected chi connectivity index (χ1v) is 10.2. The number of carbonyl (C=O) groups excluding carboxylic acids is 2. The highest BCUT2D eigenvalue weighted by Gasteiger charge is 2.22. The average Bonchev–Trinajstić information content (AvgIpc) is 3.45. The maximum Gasteiger partial charge on any atom is 0.330 e. The van der Waals surface area contributed by atoms with Crippen molar-refractivity contribution in [2.75, 3.05) is 37.7 Å². The molecule has 9 nitrogen and oxygen atoms in total. The fraction of sp³-hybridized carbons (Fsp3) is 0.316. The molecule has 1 amide bonds. The normalized spacial score (nSPS) is 14.1. The zero-order valence-electron chi connectivity index (χ0n) is 15.7. The molecule has 0 radical (unpaired) electrons. The molecule has 0 saturated carbocycles. The van der Waals surface area contributed by atoms with Gasteiger partial charge in [0.2, 0.25) is 5.82 Å². The van der Waals surface area contributed by atoms with E-state index >= 15 is 0 Å². The number of carbonyl (C=O) groups is 2. The summed E-state index contributed by atoms with van der Waals surface area (Å²) in [4.78, 5) is 29.5. The second-order valence-electron chi connectivity index (χ2n) is 6.52. The van der Waals surface area contributed by atoms with Gasteiger partial charge < -0.3 is 14.5 Å². The van der Waals surface area contributed by atoms with Gasteiger partial charge in [0.25, 0.3) is 5.91 Å². The molecule has 0 unspecified atom stereocenters. The van der Waals surface area contributed by atoms with Crippen molar-refractivity contribution >= 4 is 28.9 Å². The molecule has 1 aromatic carbocycles. The Balaban J connectivity index is 1.21. The molecule has 0 N–H and O–H groups in total. The van der Waals surface area contributed by atoms with E-state index in [1.807, 2.05) is 35.0 Å². The molecule has 3 heterocycles. The molecule has 0 spiro atoms. The van der Waals surface area contributed by atoms with E-state index in [0.29, 0.717) is 18.9 Å². The Bertz CT molecular complexity index is 952. The van der Waals surface area contributed by atoms with E-state index in [0.717, 1.165) is 24.3 Å². The molecule has 1 saturated heterocycles. The number of hydrogen-bond donors (Lipinski definition) is 0. The maximum atomic E-state index is 12.3. The van der Waals surface area contributed by atoms with Gasteiger partial charge in [-0.2, -0.15) is 16.1 Å². The number of anilines is 1. The molecule has 10 heteroatoms. The number of aromatic nitrogens is 4. The first-order chi connectivity index (χ1) is 14.2. The van der Waals surface area contributed by atoms with E-state index in [1.165, 1.54) is 16.1 Å². The molecule has 3 aromatic rings. The SMILES string of the molecule is O=C(Cn1nnc(-c2ccsc2)n1)OCC(=O)N1CCN(c2ccccc2)CC1. The van der Waals surface area contributed by atoms with E-state index in [2.05, 4.69) is 32.4 Å². The van der Waals surface area contributed by atoms with Crippen LogP contribution in [0.3, 0.4) is 0 Å². The minimum Gasteiger partial charge on any atom is -0.454 e. The van der Waals surface area contributed by atoms with Crippen LogP contribution in [0.15, 0.2) is 47.2 Å². The van der Waals surface area contributed by atoms with Crippen molar-refractivity contribution in [3.8, 4) is 11.4 Å². The summed E-state index contributed by atoms with van der Waals surface area (Å²) in [6.07, 6.45) is 0. The highest BCUT2D eigenvalue weighted by Crippen LogP contribution is 2.17. The van der Waals surface area contributed by atoms with Crippen LogP contribution in [-0.2, 0) is 20.9 Å². The Morgan fingerprint density at radius 1 is 1.07 bits per heavy atom. The third-order valence-corrected chi connectivity index (χ3v) is 5.30. The quantitative estimate of drug-likeness (QED) is 0.563. The second kappa shape index (κ2) is 8.82. The number of ether oxygens (including phenoxy) is 1. The molecule has 1 fully saturated rings. The van der Waals surface area contributed by atoms with Gasteiger partial charge in [0.05, 0.1) is 0 Å². The summed E-state index contributed by atoms with van der Waals surface area (Å²) >= 11 is 1.53. The van der Waals surface area contributed by atoms with Gasteiger partial charge in [-0.1, -0.05) is 18.2 Å². The number of hydrogen-bond acceptors (Lipinski definition) is 8. The number of nitrogens with zero attached hydrogens (tertiary/aromatic N) is 6. The van der Waals surface area contributed by atoms with E-state index in [1.54, 1.807) is 4.90 Å². The number of esters is 1. The van der Waals surface area contributed by atoms with Gasteiger partial charge >= 0.3 is 5.97 Å². The summed E-state index contributed by atoms with van der Waals surface area (Å²) in [5.74, 6) is -0.321. The zero-order chi connectivity index (χ0) is 20.1. The number of benzene rings is 1. The van der Waals surface area contributed by atoms with E-state index in [-0.39, 0.29) is 19.1 Å². The predicted molar refractivity (Wildman–Crippen MR) is 107 cm³/mol. The van der Waals surface area contributed by atoms with Gasteiger partial charge in [0, 0.05) is 42.8 Å². The number of piperazine rings is 1. The summed E-state index contributed by atoms with van der Waals surface area (Å²) in [6.45, 7) is 2.22. The molecule has 0 aliphatic carbocycles. The van der Waals surface area contributed by atoms with Crippen LogP contribution in [0.2, 0.25) is 0 Å². The lowest BCUT2D eigenvalue weighted by Gasteiger charge is -2.36. The molecule has 1 aliphatic heterocycles. The third-order valence-electron chi connectivity index (χ3n) is 4.61. The Kier molecular flexibility index (Phi) is 5.80. The third kappa shape index (κ3) is 4.77. The maximum absolute atomic E-state index is 12.3. The topological polar surface area (TPSA) is 93.4 Å². The Labute approximate surface area is 171 Å². The fourth-order valence-corrected chi connectivity index (χ4v) is 3.70. The number of amides is 1. The Morgan fingerprint density at radius 3 is 2.59 bits per heavy atom. The summed E-state index contributed by atoms with van der Waals surface area (Å²) in [5, 5.41) is 15.7. The van der Waals surface area contributed by atoms with Crippen LogP contribution in [0.1, 0.15) is 0 Å². The molecular weight excluding hydrogens is 392 g/mol. The number of thiophene rings is 1. The lowest BCUT2D eigenvalue weighted by molar-refractivity contribution is -0.153. The second-order valence-corrected chi connectivity index (χ2v) is 7.30. The van der Waals surface area contributed by atoms with E-state index in [4.69, 9.17) is 4.74 Å². The Morgan fingerprint density at radius 2 is 1.86 bits per heavy atom. The highest BCUT2D eigenvalue weighted by atomic mass is 32.1. The lowest BCUT2D eigenvalue weighted by Crippen LogP contribution is -2.50. The van der Waals surface area contributed by atoms with Crippen LogP contribution >= 0.6 is 11.3 Å². The smallest absolute Gasteiger partial charge is 0.330 e. The van der Waals surface area contributed by atoms with Crippen LogP contribution in [0.25, 0.3) is 11.4 Å². The standard InChI is InChI=1S/C19H20N6O3S/c26-17(24-9-7-23(8-10-24)16-4-2-1-3-5-16)13-28-18(27)12-25-21-19(20-22-25)15-6-11-29-14-15/h1-6,11,14H,7-10,12-13H2. The van der Waals surface area contributed by atoms with Crippen LogP contribution in [0.5, 0.6) is 0 Å². The van der Waals surface area contributed by atoms with Gasteiger partial charge in [-0.15, -0.1) is 10.2 Å². The fourth-order valence-electron chi connectivity index (χ4n) is 3.06.